The maximum atomic E-state index is 6.40. The van der Waals surface area contributed by atoms with E-state index in [2.05, 4.69) is 18.5 Å². The van der Waals surface area contributed by atoms with E-state index in [0.29, 0.717) is 6.04 Å². The van der Waals surface area contributed by atoms with Crippen molar-refractivity contribution >= 4 is 5.82 Å². The lowest BCUT2D eigenvalue weighted by molar-refractivity contribution is -0.0328. The van der Waals surface area contributed by atoms with Crippen LogP contribution < -0.4 is 5.73 Å². The Morgan fingerprint density at radius 2 is 1.68 bits per heavy atom. The Morgan fingerprint density at radius 1 is 1.11 bits per heavy atom. The molecular weight excluding hydrogens is 234 g/mol. The zero-order chi connectivity index (χ0) is 13.1. The summed E-state index contributed by atoms with van der Waals surface area (Å²) in [6, 6.07) is 0.604. The summed E-state index contributed by atoms with van der Waals surface area (Å²) in [6.45, 7) is 4.30. The molecule has 4 fully saturated rings. The Balaban J connectivity index is 1.73. The third-order valence-corrected chi connectivity index (χ3v) is 6.06. The fourth-order valence-corrected chi connectivity index (χ4v) is 5.56. The summed E-state index contributed by atoms with van der Waals surface area (Å²) in [7, 11) is 0. The van der Waals surface area contributed by atoms with Crippen molar-refractivity contribution in [1.29, 1.82) is 0 Å². The molecule has 1 heterocycles. The molecule has 0 atom stereocenters. The number of hydrogen-bond acceptors (Lipinski definition) is 2. The summed E-state index contributed by atoms with van der Waals surface area (Å²) in [5, 5.41) is 4.82. The van der Waals surface area contributed by atoms with Crippen molar-refractivity contribution in [2.45, 2.75) is 58.4 Å². The molecule has 3 nitrogen and oxygen atoms in total. The number of aryl methyl sites for hydroxylation is 1. The van der Waals surface area contributed by atoms with Crippen molar-refractivity contribution in [2.75, 3.05) is 5.73 Å². The highest BCUT2D eigenvalue weighted by atomic mass is 15.3. The fraction of sp³-hybridized carbons (Fsp3) is 0.812. The monoisotopic (exact) mass is 259 g/mol. The van der Waals surface area contributed by atoms with Crippen LogP contribution in [0.2, 0.25) is 0 Å². The predicted molar refractivity (Wildman–Crippen MR) is 76.8 cm³/mol. The van der Waals surface area contributed by atoms with Crippen LogP contribution in [-0.4, -0.2) is 9.78 Å². The van der Waals surface area contributed by atoms with E-state index in [4.69, 9.17) is 10.8 Å². The third-order valence-electron chi connectivity index (χ3n) is 6.06. The Hall–Kier alpha value is -0.990. The molecule has 0 aliphatic heterocycles. The summed E-state index contributed by atoms with van der Waals surface area (Å²) < 4.78 is 2.22. The van der Waals surface area contributed by atoms with E-state index in [-0.39, 0.29) is 0 Å². The number of anilines is 1. The van der Waals surface area contributed by atoms with Crippen LogP contribution in [0, 0.1) is 30.6 Å². The molecule has 4 aliphatic carbocycles. The van der Waals surface area contributed by atoms with E-state index in [1.165, 1.54) is 37.7 Å². The SMILES string of the molecule is CCc1c(C)nn(C2C3CC4CC(C3)CC2C4)c1N. The number of nitrogens with two attached hydrogens (primary N) is 1. The highest BCUT2D eigenvalue weighted by molar-refractivity contribution is 5.43. The van der Waals surface area contributed by atoms with Crippen LogP contribution in [0.1, 0.15) is 56.3 Å². The molecule has 1 aromatic heterocycles. The Labute approximate surface area is 115 Å². The van der Waals surface area contributed by atoms with Gasteiger partial charge in [-0.3, -0.25) is 0 Å². The Kier molecular flexibility index (Phi) is 2.49. The quantitative estimate of drug-likeness (QED) is 0.885. The molecule has 0 spiro atoms. The van der Waals surface area contributed by atoms with E-state index in [0.717, 1.165) is 41.6 Å². The zero-order valence-corrected chi connectivity index (χ0v) is 12.1. The average Bonchev–Trinajstić information content (AvgIpc) is 2.63. The molecule has 0 unspecified atom stereocenters. The van der Waals surface area contributed by atoms with Gasteiger partial charge < -0.3 is 5.73 Å². The Morgan fingerprint density at radius 3 is 2.16 bits per heavy atom. The van der Waals surface area contributed by atoms with Gasteiger partial charge in [0, 0.05) is 5.56 Å². The van der Waals surface area contributed by atoms with Crippen molar-refractivity contribution in [3.8, 4) is 0 Å². The number of hydrogen-bond donors (Lipinski definition) is 1. The van der Waals surface area contributed by atoms with Crippen molar-refractivity contribution in [3.05, 3.63) is 11.3 Å². The maximum absolute atomic E-state index is 6.40. The number of nitrogen functional groups attached to an aromatic ring is 1. The molecule has 0 aromatic carbocycles. The number of rotatable bonds is 2. The van der Waals surface area contributed by atoms with Gasteiger partial charge in [0.15, 0.2) is 0 Å². The largest absolute Gasteiger partial charge is 0.384 e. The lowest BCUT2D eigenvalue weighted by Crippen LogP contribution is -2.46. The van der Waals surface area contributed by atoms with E-state index >= 15 is 0 Å². The lowest BCUT2D eigenvalue weighted by atomic mass is 9.54. The second kappa shape index (κ2) is 4.00. The smallest absolute Gasteiger partial charge is 0.125 e. The standard InChI is InChI=1S/C16H25N3/c1-3-14-9(2)18-19(16(14)17)15-12-5-10-4-11(7-12)8-13(15)6-10/h10-13,15H,3-8,17H2,1-2H3. The summed E-state index contributed by atoms with van der Waals surface area (Å²) in [5.41, 5.74) is 8.81. The minimum Gasteiger partial charge on any atom is -0.384 e. The van der Waals surface area contributed by atoms with Gasteiger partial charge in [-0.25, -0.2) is 4.68 Å². The number of aromatic nitrogens is 2. The average molecular weight is 259 g/mol. The molecule has 0 saturated heterocycles. The predicted octanol–water partition coefficient (Wildman–Crippen LogP) is 3.33. The van der Waals surface area contributed by atoms with Crippen molar-refractivity contribution in [3.63, 3.8) is 0 Å². The summed E-state index contributed by atoms with van der Waals surface area (Å²) in [4.78, 5) is 0. The van der Waals surface area contributed by atoms with Crippen LogP contribution in [0.5, 0.6) is 0 Å². The van der Waals surface area contributed by atoms with Gasteiger partial charge >= 0.3 is 0 Å². The summed E-state index contributed by atoms with van der Waals surface area (Å²) in [5.74, 6) is 4.69. The highest BCUT2D eigenvalue weighted by Crippen LogP contribution is 2.58. The first-order valence-electron chi connectivity index (χ1n) is 8.00. The lowest BCUT2D eigenvalue weighted by Gasteiger charge is -2.54. The van der Waals surface area contributed by atoms with E-state index in [9.17, 15) is 0 Å². The van der Waals surface area contributed by atoms with Crippen molar-refractivity contribution < 1.29 is 0 Å². The topological polar surface area (TPSA) is 43.8 Å². The van der Waals surface area contributed by atoms with Crippen molar-refractivity contribution in [2.24, 2.45) is 23.7 Å². The van der Waals surface area contributed by atoms with Crippen LogP contribution in [0.25, 0.3) is 0 Å². The normalized spacial score (nSPS) is 40.0. The third kappa shape index (κ3) is 1.60. The minimum atomic E-state index is 0.604. The maximum Gasteiger partial charge on any atom is 0.125 e. The van der Waals surface area contributed by atoms with E-state index in [1.54, 1.807) is 0 Å². The molecule has 4 saturated carbocycles. The number of nitrogens with zero attached hydrogens (tertiary/aromatic N) is 2. The first-order valence-corrected chi connectivity index (χ1v) is 8.00. The van der Waals surface area contributed by atoms with Gasteiger partial charge in [-0.2, -0.15) is 5.10 Å². The molecule has 2 N–H and O–H groups in total. The van der Waals surface area contributed by atoms with Crippen LogP contribution in [0.15, 0.2) is 0 Å². The highest BCUT2D eigenvalue weighted by Gasteiger charge is 2.49. The molecule has 0 radical (unpaired) electrons. The second-order valence-electron chi connectivity index (χ2n) is 7.17. The first-order chi connectivity index (χ1) is 9.17. The molecule has 4 bridgehead atoms. The molecular formula is C16H25N3. The van der Waals surface area contributed by atoms with E-state index < -0.39 is 0 Å². The molecule has 4 aliphatic rings. The minimum absolute atomic E-state index is 0.604. The van der Waals surface area contributed by atoms with Crippen LogP contribution in [0.3, 0.4) is 0 Å². The van der Waals surface area contributed by atoms with Gasteiger partial charge in [0.05, 0.1) is 11.7 Å². The van der Waals surface area contributed by atoms with Crippen LogP contribution in [0.4, 0.5) is 5.82 Å². The van der Waals surface area contributed by atoms with Gasteiger partial charge in [-0.15, -0.1) is 0 Å². The molecule has 3 heteroatoms. The second-order valence-corrected chi connectivity index (χ2v) is 7.17. The van der Waals surface area contributed by atoms with E-state index in [1.807, 2.05) is 0 Å². The fourth-order valence-electron chi connectivity index (χ4n) is 5.56. The molecule has 19 heavy (non-hydrogen) atoms. The zero-order valence-electron chi connectivity index (χ0n) is 12.1. The Bertz CT molecular complexity index is 474. The van der Waals surface area contributed by atoms with Gasteiger partial charge in [0.1, 0.15) is 5.82 Å². The first kappa shape index (κ1) is 11.8. The van der Waals surface area contributed by atoms with Gasteiger partial charge in [0.2, 0.25) is 0 Å². The van der Waals surface area contributed by atoms with Crippen LogP contribution in [-0.2, 0) is 6.42 Å². The van der Waals surface area contributed by atoms with Gasteiger partial charge in [-0.05, 0) is 69.1 Å². The van der Waals surface area contributed by atoms with Crippen molar-refractivity contribution in [1.82, 2.24) is 9.78 Å². The molecule has 5 rings (SSSR count). The molecule has 104 valence electrons. The summed E-state index contributed by atoms with van der Waals surface area (Å²) in [6.07, 6.45) is 8.22. The van der Waals surface area contributed by atoms with Gasteiger partial charge in [-0.1, -0.05) is 6.92 Å². The summed E-state index contributed by atoms with van der Waals surface area (Å²) >= 11 is 0. The molecule has 1 aromatic rings. The molecule has 0 amide bonds. The van der Waals surface area contributed by atoms with Crippen LogP contribution >= 0.6 is 0 Å². The van der Waals surface area contributed by atoms with Gasteiger partial charge in [0.25, 0.3) is 0 Å².